The van der Waals surface area contributed by atoms with Crippen LogP contribution in [0.1, 0.15) is 18.2 Å². The Kier molecular flexibility index (Phi) is 6.89. The molecule has 0 saturated heterocycles. The molecule has 7 nitrogen and oxygen atoms in total. The first-order valence-corrected chi connectivity index (χ1v) is 10.1. The van der Waals surface area contributed by atoms with Crippen LogP contribution in [0, 0.1) is 0 Å². The zero-order valence-electron chi connectivity index (χ0n) is 16.3. The van der Waals surface area contributed by atoms with Crippen LogP contribution in [0.25, 0.3) is 11.4 Å². The fraction of sp³-hybridized carbons (Fsp3) is 0.350. The molecule has 28 heavy (non-hydrogen) atoms. The molecular weight excluding hydrogens is 374 g/mol. The van der Waals surface area contributed by atoms with Crippen LogP contribution in [0.2, 0.25) is 0 Å². The summed E-state index contributed by atoms with van der Waals surface area (Å²) in [4.78, 5) is 14.3. The summed E-state index contributed by atoms with van der Waals surface area (Å²) in [5, 5.41) is 12.3. The van der Waals surface area contributed by atoms with Gasteiger partial charge in [0.2, 0.25) is 5.91 Å². The first-order chi connectivity index (χ1) is 13.6. The number of hydrogen-bond donors (Lipinski definition) is 1. The molecule has 0 aliphatic rings. The van der Waals surface area contributed by atoms with Crippen molar-refractivity contribution in [3.05, 3.63) is 54.5 Å². The fourth-order valence-corrected chi connectivity index (χ4v) is 3.68. The van der Waals surface area contributed by atoms with E-state index in [0.717, 1.165) is 22.3 Å². The molecule has 1 aromatic carbocycles. The summed E-state index contributed by atoms with van der Waals surface area (Å²) in [6.45, 7) is 0.506. The van der Waals surface area contributed by atoms with E-state index in [1.165, 1.54) is 11.8 Å². The highest BCUT2D eigenvalue weighted by Crippen LogP contribution is 2.23. The lowest BCUT2D eigenvalue weighted by molar-refractivity contribution is -0.120. The van der Waals surface area contributed by atoms with Crippen molar-refractivity contribution < 1.29 is 9.21 Å². The van der Waals surface area contributed by atoms with E-state index >= 15 is 0 Å². The molecular formula is C20H25N5O2S. The molecule has 2 aromatic heterocycles. The number of aromatic nitrogens is 3. The Labute approximate surface area is 169 Å². The molecule has 0 aliphatic carbocycles. The third kappa shape index (κ3) is 5.02. The van der Waals surface area contributed by atoms with E-state index in [4.69, 9.17) is 4.42 Å². The van der Waals surface area contributed by atoms with Gasteiger partial charge in [-0.2, -0.15) is 0 Å². The van der Waals surface area contributed by atoms with Gasteiger partial charge < -0.3 is 14.3 Å². The van der Waals surface area contributed by atoms with Crippen molar-refractivity contribution in [2.75, 3.05) is 26.4 Å². The number of hydrogen-bond acceptors (Lipinski definition) is 6. The highest BCUT2D eigenvalue weighted by Gasteiger charge is 2.18. The van der Waals surface area contributed by atoms with Gasteiger partial charge in [0.05, 0.1) is 12.3 Å². The van der Waals surface area contributed by atoms with Crippen molar-refractivity contribution in [2.45, 2.75) is 17.6 Å². The lowest BCUT2D eigenvalue weighted by atomic mass is 10.2. The Morgan fingerprint density at radius 1 is 1.21 bits per heavy atom. The van der Waals surface area contributed by atoms with E-state index < -0.39 is 0 Å². The summed E-state index contributed by atoms with van der Waals surface area (Å²) in [6.07, 6.45) is 2.06. The highest BCUT2D eigenvalue weighted by atomic mass is 32.2. The SMILES string of the molecule is CN(C)C(CNC(=O)CCSc1nnc(-c2ccccc2)n1C)c1ccco1. The van der Waals surface area contributed by atoms with Gasteiger partial charge in [0.15, 0.2) is 11.0 Å². The van der Waals surface area contributed by atoms with E-state index in [1.807, 2.05) is 73.1 Å². The first kappa shape index (κ1) is 20.2. The van der Waals surface area contributed by atoms with Crippen LogP contribution in [0.4, 0.5) is 0 Å². The predicted octanol–water partition coefficient (Wildman–Crippen LogP) is 2.98. The number of benzene rings is 1. The Hall–Kier alpha value is -2.58. The molecule has 0 fully saturated rings. The van der Waals surface area contributed by atoms with Crippen LogP contribution >= 0.6 is 11.8 Å². The predicted molar refractivity (Wildman–Crippen MR) is 110 cm³/mol. The van der Waals surface area contributed by atoms with Crippen molar-refractivity contribution in [1.82, 2.24) is 25.0 Å². The average Bonchev–Trinajstić information content (AvgIpc) is 3.33. The molecule has 2 heterocycles. The largest absolute Gasteiger partial charge is 0.468 e. The molecule has 0 aliphatic heterocycles. The van der Waals surface area contributed by atoms with Gasteiger partial charge in [-0.15, -0.1) is 10.2 Å². The fourth-order valence-electron chi connectivity index (χ4n) is 2.83. The van der Waals surface area contributed by atoms with Gasteiger partial charge in [0.1, 0.15) is 5.76 Å². The molecule has 3 rings (SSSR count). The van der Waals surface area contributed by atoms with Crippen molar-refractivity contribution in [2.24, 2.45) is 7.05 Å². The number of nitrogens with zero attached hydrogens (tertiary/aromatic N) is 4. The minimum atomic E-state index is 0.0105. The van der Waals surface area contributed by atoms with Crippen molar-refractivity contribution >= 4 is 17.7 Å². The Morgan fingerprint density at radius 2 is 2.00 bits per heavy atom. The van der Waals surface area contributed by atoms with Crippen LogP contribution in [-0.4, -0.2) is 52.0 Å². The molecule has 1 N–H and O–H groups in total. The molecule has 1 unspecified atom stereocenters. The monoisotopic (exact) mass is 399 g/mol. The highest BCUT2D eigenvalue weighted by molar-refractivity contribution is 7.99. The third-order valence-electron chi connectivity index (χ3n) is 4.41. The molecule has 1 atom stereocenters. The van der Waals surface area contributed by atoms with E-state index in [0.29, 0.717) is 18.7 Å². The number of rotatable bonds is 9. The maximum Gasteiger partial charge on any atom is 0.220 e. The molecule has 0 bridgehead atoms. The number of likely N-dealkylation sites (N-methyl/N-ethyl adjacent to an activating group) is 1. The van der Waals surface area contributed by atoms with Gasteiger partial charge in [-0.05, 0) is 26.2 Å². The lowest BCUT2D eigenvalue weighted by Crippen LogP contribution is -2.34. The van der Waals surface area contributed by atoms with Crippen LogP contribution in [0.5, 0.6) is 0 Å². The Morgan fingerprint density at radius 3 is 2.68 bits per heavy atom. The summed E-state index contributed by atoms with van der Waals surface area (Å²) in [6, 6.07) is 13.7. The van der Waals surface area contributed by atoms with Gasteiger partial charge >= 0.3 is 0 Å². The third-order valence-corrected chi connectivity index (χ3v) is 5.44. The lowest BCUT2D eigenvalue weighted by Gasteiger charge is -2.22. The van der Waals surface area contributed by atoms with Gasteiger partial charge in [-0.1, -0.05) is 42.1 Å². The summed E-state index contributed by atoms with van der Waals surface area (Å²) in [5.41, 5.74) is 1.02. The molecule has 0 saturated carbocycles. The number of furan rings is 1. The smallest absolute Gasteiger partial charge is 0.220 e. The normalized spacial score (nSPS) is 12.3. The van der Waals surface area contributed by atoms with E-state index in [1.54, 1.807) is 6.26 Å². The number of carbonyl (C=O) groups excluding carboxylic acids is 1. The molecule has 1 amide bonds. The number of carbonyl (C=O) groups is 1. The Bertz CT molecular complexity index is 877. The second-order valence-corrected chi connectivity index (χ2v) is 7.69. The second-order valence-electron chi connectivity index (χ2n) is 6.63. The molecule has 0 radical (unpaired) electrons. The van der Waals surface area contributed by atoms with E-state index in [2.05, 4.69) is 15.5 Å². The number of thioether (sulfide) groups is 1. The zero-order valence-corrected chi connectivity index (χ0v) is 17.1. The van der Waals surface area contributed by atoms with Crippen LogP contribution in [0.15, 0.2) is 58.3 Å². The second kappa shape index (κ2) is 9.57. The van der Waals surface area contributed by atoms with E-state index in [-0.39, 0.29) is 11.9 Å². The summed E-state index contributed by atoms with van der Waals surface area (Å²) >= 11 is 1.53. The van der Waals surface area contributed by atoms with Gasteiger partial charge in [-0.3, -0.25) is 9.69 Å². The van der Waals surface area contributed by atoms with Gasteiger partial charge in [-0.25, -0.2) is 0 Å². The maximum atomic E-state index is 12.2. The number of amides is 1. The standard InChI is InChI=1S/C20H25N5O2S/c1-24(2)16(17-10-7-12-27-17)14-21-18(26)11-13-28-20-23-22-19(25(20)3)15-8-5-4-6-9-15/h4-10,12,16H,11,13-14H2,1-3H3,(H,21,26). The van der Waals surface area contributed by atoms with Crippen molar-refractivity contribution in [3.8, 4) is 11.4 Å². The quantitative estimate of drug-likeness (QED) is 0.558. The van der Waals surface area contributed by atoms with Crippen LogP contribution < -0.4 is 5.32 Å². The maximum absolute atomic E-state index is 12.2. The molecule has 3 aromatic rings. The van der Waals surface area contributed by atoms with Crippen LogP contribution in [0.3, 0.4) is 0 Å². The zero-order chi connectivity index (χ0) is 19.9. The minimum absolute atomic E-state index is 0.0105. The van der Waals surface area contributed by atoms with Crippen LogP contribution in [-0.2, 0) is 11.8 Å². The molecule has 0 spiro atoms. The minimum Gasteiger partial charge on any atom is -0.468 e. The van der Waals surface area contributed by atoms with Gasteiger partial charge in [0.25, 0.3) is 0 Å². The topological polar surface area (TPSA) is 76.2 Å². The summed E-state index contributed by atoms with van der Waals surface area (Å²) < 4.78 is 7.42. The molecule has 8 heteroatoms. The Balaban J connectivity index is 1.47. The summed E-state index contributed by atoms with van der Waals surface area (Å²) in [7, 11) is 5.87. The average molecular weight is 400 g/mol. The van der Waals surface area contributed by atoms with Crippen molar-refractivity contribution in [3.63, 3.8) is 0 Å². The van der Waals surface area contributed by atoms with Gasteiger partial charge in [0, 0.05) is 31.3 Å². The van der Waals surface area contributed by atoms with E-state index in [9.17, 15) is 4.79 Å². The van der Waals surface area contributed by atoms with Crippen molar-refractivity contribution in [1.29, 1.82) is 0 Å². The summed E-state index contributed by atoms with van der Waals surface area (Å²) in [5.74, 6) is 2.31. The first-order valence-electron chi connectivity index (χ1n) is 9.10. The molecule has 148 valence electrons. The number of nitrogens with one attached hydrogen (secondary N) is 1.